The van der Waals surface area contributed by atoms with Crippen LogP contribution >= 0.6 is 0 Å². The summed E-state index contributed by atoms with van der Waals surface area (Å²) in [5.74, 6) is 0.477. The predicted octanol–water partition coefficient (Wildman–Crippen LogP) is 3.46. The van der Waals surface area contributed by atoms with Crippen LogP contribution in [0.4, 0.5) is 23.1 Å². The third-order valence-corrected chi connectivity index (χ3v) is 4.15. The van der Waals surface area contributed by atoms with Crippen LogP contribution in [-0.2, 0) is 7.05 Å². The Labute approximate surface area is 157 Å². The van der Waals surface area contributed by atoms with Crippen molar-refractivity contribution in [3.05, 3.63) is 69.0 Å². The Bertz CT molecular complexity index is 1070. The van der Waals surface area contributed by atoms with E-state index in [0.29, 0.717) is 17.2 Å². The molecular formula is C20H20N6O. The van der Waals surface area contributed by atoms with E-state index in [1.165, 1.54) is 10.2 Å². The molecule has 2 N–H and O–H groups in total. The number of benzene rings is 2. The van der Waals surface area contributed by atoms with Crippen molar-refractivity contribution < 1.29 is 0 Å². The van der Waals surface area contributed by atoms with E-state index in [4.69, 9.17) is 5.26 Å². The summed E-state index contributed by atoms with van der Waals surface area (Å²) in [5, 5.41) is 19.3. The summed E-state index contributed by atoms with van der Waals surface area (Å²) >= 11 is 0. The molecule has 0 unspecified atom stereocenters. The van der Waals surface area contributed by atoms with Crippen LogP contribution in [0.5, 0.6) is 0 Å². The fourth-order valence-corrected chi connectivity index (χ4v) is 2.91. The van der Waals surface area contributed by atoms with Gasteiger partial charge in [0.1, 0.15) is 0 Å². The third kappa shape index (κ3) is 3.96. The lowest BCUT2D eigenvalue weighted by atomic mass is 10.1. The monoisotopic (exact) mass is 360 g/mol. The molecule has 0 saturated carbocycles. The van der Waals surface area contributed by atoms with Gasteiger partial charge in [-0.15, -0.1) is 5.10 Å². The van der Waals surface area contributed by atoms with Gasteiger partial charge in [0.05, 0.1) is 11.6 Å². The fourth-order valence-electron chi connectivity index (χ4n) is 2.91. The summed E-state index contributed by atoms with van der Waals surface area (Å²) in [7, 11) is 1.58. The minimum atomic E-state index is -0.345. The molecule has 27 heavy (non-hydrogen) atoms. The van der Waals surface area contributed by atoms with Crippen molar-refractivity contribution in [3.8, 4) is 6.07 Å². The highest BCUT2D eigenvalue weighted by molar-refractivity contribution is 5.65. The zero-order valence-electron chi connectivity index (χ0n) is 15.7. The number of hydrogen-bond donors (Lipinski definition) is 2. The summed E-state index contributed by atoms with van der Waals surface area (Å²) in [6.07, 6.45) is 0. The maximum absolute atomic E-state index is 12.4. The van der Waals surface area contributed by atoms with Crippen molar-refractivity contribution in [3.63, 3.8) is 0 Å². The Morgan fingerprint density at radius 1 is 1.04 bits per heavy atom. The molecule has 0 saturated heterocycles. The van der Waals surface area contributed by atoms with Crippen molar-refractivity contribution in [2.75, 3.05) is 10.6 Å². The largest absolute Gasteiger partial charge is 0.335 e. The summed E-state index contributed by atoms with van der Waals surface area (Å²) < 4.78 is 1.24. The highest BCUT2D eigenvalue weighted by atomic mass is 16.1. The quantitative estimate of drug-likeness (QED) is 0.740. The van der Waals surface area contributed by atoms with Crippen LogP contribution in [0.2, 0.25) is 0 Å². The van der Waals surface area contributed by atoms with Gasteiger partial charge in [-0.2, -0.15) is 10.2 Å². The van der Waals surface area contributed by atoms with Crippen LogP contribution in [0.1, 0.15) is 22.3 Å². The molecule has 1 aromatic heterocycles. The highest BCUT2D eigenvalue weighted by Gasteiger charge is 2.11. The first-order chi connectivity index (χ1) is 12.9. The van der Waals surface area contributed by atoms with Crippen LogP contribution in [0.25, 0.3) is 0 Å². The summed E-state index contributed by atoms with van der Waals surface area (Å²) in [6, 6.07) is 13.0. The number of rotatable bonds is 4. The van der Waals surface area contributed by atoms with Gasteiger partial charge in [0.15, 0.2) is 0 Å². The number of aromatic nitrogens is 3. The first-order valence-electron chi connectivity index (χ1n) is 8.45. The van der Waals surface area contributed by atoms with Gasteiger partial charge in [-0.1, -0.05) is 17.7 Å². The molecule has 0 aliphatic rings. The lowest BCUT2D eigenvalue weighted by Gasteiger charge is -2.14. The van der Waals surface area contributed by atoms with Crippen molar-refractivity contribution >= 4 is 23.1 Å². The molecule has 0 aliphatic heterocycles. The van der Waals surface area contributed by atoms with Crippen molar-refractivity contribution in [1.29, 1.82) is 5.26 Å². The molecule has 0 bridgehead atoms. The lowest BCUT2D eigenvalue weighted by molar-refractivity contribution is 0.699. The van der Waals surface area contributed by atoms with E-state index in [2.05, 4.69) is 38.9 Å². The molecule has 2 aromatic carbocycles. The van der Waals surface area contributed by atoms with E-state index < -0.39 is 0 Å². The summed E-state index contributed by atoms with van der Waals surface area (Å²) in [6.45, 7) is 6.08. The van der Waals surface area contributed by atoms with Gasteiger partial charge in [0.25, 0.3) is 0 Å². The minimum absolute atomic E-state index is 0.155. The maximum atomic E-state index is 12.4. The molecule has 0 spiro atoms. The Kier molecular flexibility index (Phi) is 4.90. The predicted molar refractivity (Wildman–Crippen MR) is 106 cm³/mol. The second-order valence-corrected chi connectivity index (χ2v) is 6.43. The number of nitrogens with one attached hydrogen (secondary N) is 2. The normalized spacial score (nSPS) is 10.3. The van der Waals surface area contributed by atoms with Crippen LogP contribution in [-0.4, -0.2) is 14.8 Å². The van der Waals surface area contributed by atoms with Gasteiger partial charge >= 0.3 is 5.56 Å². The molecule has 0 amide bonds. The van der Waals surface area contributed by atoms with Crippen molar-refractivity contribution in [2.24, 2.45) is 7.05 Å². The first kappa shape index (κ1) is 18.1. The topological polar surface area (TPSA) is 95.6 Å². The number of nitrogens with zero attached hydrogens (tertiary/aromatic N) is 4. The van der Waals surface area contributed by atoms with E-state index in [0.717, 1.165) is 16.8 Å². The highest BCUT2D eigenvalue weighted by Crippen LogP contribution is 2.24. The van der Waals surface area contributed by atoms with E-state index in [1.54, 1.807) is 31.3 Å². The molecule has 0 radical (unpaired) electrons. The molecule has 7 nitrogen and oxygen atoms in total. The first-order valence-corrected chi connectivity index (χ1v) is 8.45. The van der Waals surface area contributed by atoms with Crippen LogP contribution in [0.15, 0.2) is 41.2 Å². The van der Waals surface area contributed by atoms with Gasteiger partial charge in [-0.05, 0) is 56.2 Å². The van der Waals surface area contributed by atoms with Crippen LogP contribution in [0, 0.1) is 32.1 Å². The second-order valence-electron chi connectivity index (χ2n) is 6.43. The molecule has 7 heteroatoms. The fraction of sp³-hybridized carbons (Fsp3) is 0.200. The van der Waals surface area contributed by atoms with Gasteiger partial charge < -0.3 is 10.6 Å². The Morgan fingerprint density at radius 3 is 2.26 bits per heavy atom. The lowest BCUT2D eigenvalue weighted by Crippen LogP contribution is -2.25. The average molecular weight is 360 g/mol. The van der Waals surface area contributed by atoms with Gasteiger partial charge in [0, 0.05) is 18.4 Å². The maximum Gasteiger partial charge on any atom is 0.309 e. The molecule has 136 valence electrons. The molecular weight excluding hydrogens is 340 g/mol. The second kappa shape index (κ2) is 7.30. The number of anilines is 4. The molecule has 3 aromatic rings. The van der Waals surface area contributed by atoms with Crippen LogP contribution < -0.4 is 16.2 Å². The third-order valence-electron chi connectivity index (χ3n) is 4.15. The Balaban J connectivity index is 1.94. The van der Waals surface area contributed by atoms with Crippen molar-refractivity contribution in [2.45, 2.75) is 20.8 Å². The average Bonchev–Trinajstić information content (AvgIpc) is 2.63. The Hall–Kier alpha value is -3.66. The van der Waals surface area contributed by atoms with Gasteiger partial charge in [-0.25, -0.2) is 4.68 Å². The van der Waals surface area contributed by atoms with Crippen molar-refractivity contribution in [1.82, 2.24) is 14.8 Å². The standard InChI is InChI=1S/C20H20N6O/c1-12-9-13(2)17(14(3)10-12)23-20-24-18(19(27)26(4)25-20)22-16-7-5-15(11-21)6-8-16/h5-10H,1-4H3,(H2,22,23,24,25). The molecule has 0 atom stereocenters. The molecule has 1 heterocycles. The van der Waals surface area contributed by atoms with E-state index in [1.807, 2.05) is 20.8 Å². The molecule has 0 fully saturated rings. The number of nitriles is 1. The van der Waals surface area contributed by atoms with E-state index in [9.17, 15) is 4.79 Å². The number of aryl methyl sites for hydroxylation is 4. The van der Waals surface area contributed by atoms with Crippen LogP contribution in [0.3, 0.4) is 0 Å². The SMILES string of the molecule is Cc1cc(C)c(Nc2nc(Nc3ccc(C#N)cc3)c(=O)n(C)n2)c(C)c1. The van der Waals surface area contributed by atoms with Gasteiger partial charge in [0.2, 0.25) is 11.8 Å². The zero-order valence-corrected chi connectivity index (χ0v) is 15.7. The summed E-state index contributed by atoms with van der Waals surface area (Å²) in [5.41, 5.74) is 5.12. The summed E-state index contributed by atoms with van der Waals surface area (Å²) in [4.78, 5) is 16.7. The smallest absolute Gasteiger partial charge is 0.309 e. The minimum Gasteiger partial charge on any atom is -0.335 e. The molecule has 3 rings (SSSR count). The van der Waals surface area contributed by atoms with E-state index >= 15 is 0 Å². The number of hydrogen-bond acceptors (Lipinski definition) is 6. The zero-order chi connectivity index (χ0) is 19.6. The van der Waals surface area contributed by atoms with E-state index in [-0.39, 0.29) is 11.4 Å². The van der Waals surface area contributed by atoms with Gasteiger partial charge in [-0.3, -0.25) is 4.79 Å². The molecule has 0 aliphatic carbocycles. The Morgan fingerprint density at radius 2 is 1.67 bits per heavy atom.